The minimum absolute atomic E-state index is 0.320. The first kappa shape index (κ1) is 14.4. The number of anilines is 1. The quantitative estimate of drug-likeness (QED) is 0.353. The lowest BCUT2D eigenvalue weighted by atomic mass is 10.2. The fourth-order valence-electron chi connectivity index (χ4n) is 1.40. The molecule has 1 rings (SSSR count). The lowest BCUT2D eigenvalue weighted by Gasteiger charge is -2.07. The van der Waals surface area contributed by atoms with Crippen molar-refractivity contribution in [3.05, 3.63) is 40.3 Å². The zero-order chi connectivity index (χ0) is 13.9. The average Bonchev–Trinajstić information content (AvgIpc) is 2.43. The van der Waals surface area contributed by atoms with Crippen LogP contribution in [0, 0.1) is 11.3 Å². The molecule has 7 nitrogen and oxygen atoms in total. The molecule has 0 saturated heterocycles. The minimum atomic E-state index is -0.320. The van der Waals surface area contributed by atoms with E-state index in [1.165, 1.54) is 0 Å². The van der Waals surface area contributed by atoms with E-state index in [2.05, 4.69) is 20.7 Å². The van der Waals surface area contributed by atoms with Crippen molar-refractivity contribution < 1.29 is 4.79 Å². The summed E-state index contributed by atoms with van der Waals surface area (Å²) in [6, 6.07) is 8.36. The van der Waals surface area contributed by atoms with Crippen LogP contribution >= 0.6 is 0 Å². The second kappa shape index (κ2) is 8.39. The molecule has 2 amide bonds. The number of carbonyl (C=O) groups excluding carboxylic acids is 1. The van der Waals surface area contributed by atoms with Gasteiger partial charge < -0.3 is 10.6 Å². The van der Waals surface area contributed by atoms with E-state index in [4.69, 9.17) is 10.8 Å². The van der Waals surface area contributed by atoms with E-state index in [0.717, 1.165) is 12.8 Å². The summed E-state index contributed by atoms with van der Waals surface area (Å²) in [5, 5.41) is 17.4. The number of unbranched alkanes of at least 4 members (excludes halogenated alkanes) is 1. The maximum Gasteiger partial charge on any atom is 0.319 e. The summed E-state index contributed by atoms with van der Waals surface area (Å²) in [4.78, 5) is 14.2. The van der Waals surface area contributed by atoms with Crippen molar-refractivity contribution in [2.24, 2.45) is 5.11 Å². The Labute approximate surface area is 110 Å². The van der Waals surface area contributed by atoms with Crippen LogP contribution in [0.5, 0.6) is 0 Å². The lowest BCUT2D eigenvalue weighted by molar-refractivity contribution is 0.252. The molecule has 0 heterocycles. The predicted octanol–water partition coefficient (Wildman–Crippen LogP) is 2.77. The molecule has 0 aromatic heterocycles. The summed E-state index contributed by atoms with van der Waals surface area (Å²) in [5.41, 5.74) is 9.14. The average molecular weight is 258 g/mol. The number of nitriles is 1. The first-order chi connectivity index (χ1) is 9.26. The lowest BCUT2D eigenvalue weighted by Crippen LogP contribution is -2.29. The fourth-order valence-corrected chi connectivity index (χ4v) is 1.40. The van der Waals surface area contributed by atoms with E-state index >= 15 is 0 Å². The molecule has 0 spiro atoms. The topological polar surface area (TPSA) is 114 Å². The summed E-state index contributed by atoms with van der Waals surface area (Å²) in [7, 11) is 0. The number of carbonyl (C=O) groups is 1. The second-order valence-corrected chi connectivity index (χ2v) is 3.74. The highest BCUT2D eigenvalue weighted by Gasteiger charge is 2.01. The van der Waals surface area contributed by atoms with Crippen molar-refractivity contribution in [1.82, 2.24) is 5.32 Å². The van der Waals surface area contributed by atoms with Crippen LogP contribution < -0.4 is 10.6 Å². The molecular formula is C12H14N6O. The van der Waals surface area contributed by atoms with Crippen LogP contribution in [-0.4, -0.2) is 19.1 Å². The molecule has 0 saturated carbocycles. The summed E-state index contributed by atoms with van der Waals surface area (Å²) in [6.07, 6.45) is 1.47. The summed E-state index contributed by atoms with van der Waals surface area (Å²) < 4.78 is 0. The Morgan fingerprint density at radius 2 is 2.32 bits per heavy atom. The van der Waals surface area contributed by atoms with E-state index in [0.29, 0.717) is 24.3 Å². The number of nitrogens with one attached hydrogen (secondary N) is 2. The molecule has 19 heavy (non-hydrogen) atoms. The second-order valence-electron chi connectivity index (χ2n) is 3.74. The third-order valence-corrected chi connectivity index (χ3v) is 2.28. The van der Waals surface area contributed by atoms with Gasteiger partial charge in [0, 0.05) is 23.7 Å². The third kappa shape index (κ3) is 5.96. The highest BCUT2D eigenvalue weighted by molar-refractivity contribution is 5.89. The van der Waals surface area contributed by atoms with Gasteiger partial charge in [-0.05, 0) is 36.6 Å². The molecule has 0 atom stereocenters. The van der Waals surface area contributed by atoms with Crippen molar-refractivity contribution in [3.63, 3.8) is 0 Å². The number of urea groups is 1. The Kier molecular flexibility index (Phi) is 6.34. The number of hydrogen-bond donors (Lipinski definition) is 2. The van der Waals surface area contributed by atoms with Gasteiger partial charge in [0.1, 0.15) is 0 Å². The van der Waals surface area contributed by atoms with Crippen LogP contribution in [-0.2, 0) is 0 Å². The Morgan fingerprint density at radius 3 is 3.05 bits per heavy atom. The van der Waals surface area contributed by atoms with E-state index in [1.807, 2.05) is 6.07 Å². The van der Waals surface area contributed by atoms with Gasteiger partial charge in [-0.2, -0.15) is 5.26 Å². The molecule has 2 N–H and O–H groups in total. The number of hydrogen-bond acceptors (Lipinski definition) is 3. The number of nitrogens with zero attached hydrogens (tertiary/aromatic N) is 4. The van der Waals surface area contributed by atoms with Gasteiger partial charge in [0.2, 0.25) is 0 Å². The van der Waals surface area contributed by atoms with Gasteiger partial charge in [-0.3, -0.25) is 0 Å². The zero-order valence-electron chi connectivity index (χ0n) is 10.3. The monoisotopic (exact) mass is 258 g/mol. The molecule has 1 aromatic rings. The highest BCUT2D eigenvalue weighted by atomic mass is 16.2. The van der Waals surface area contributed by atoms with E-state index in [9.17, 15) is 4.79 Å². The smallest absolute Gasteiger partial charge is 0.319 e. The van der Waals surface area contributed by atoms with Crippen molar-refractivity contribution in [2.45, 2.75) is 12.8 Å². The molecule has 0 aliphatic rings. The minimum Gasteiger partial charge on any atom is -0.338 e. The van der Waals surface area contributed by atoms with Gasteiger partial charge in [-0.1, -0.05) is 11.2 Å². The first-order valence-electron chi connectivity index (χ1n) is 5.82. The molecule has 0 aliphatic heterocycles. The number of amides is 2. The predicted molar refractivity (Wildman–Crippen MR) is 71.4 cm³/mol. The van der Waals surface area contributed by atoms with E-state index in [1.54, 1.807) is 24.3 Å². The molecule has 0 aliphatic carbocycles. The van der Waals surface area contributed by atoms with Gasteiger partial charge >= 0.3 is 6.03 Å². The summed E-state index contributed by atoms with van der Waals surface area (Å²) in [5.74, 6) is 0. The highest BCUT2D eigenvalue weighted by Crippen LogP contribution is 2.09. The number of benzene rings is 1. The number of azide groups is 1. The standard InChI is InChI=1S/C12H14N6O/c13-9-10-4-3-5-11(8-10)17-12(19)15-6-1-2-7-16-18-14/h3-5,8H,1-2,6-7H2,(H2,15,17,19). The van der Waals surface area contributed by atoms with Crippen LogP contribution in [0.15, 0.2) is 29.4 Å². The van der Waals surface area contributed by atoms with Crippen LogP contribution in [0.3, 0.4) is 0 Å². The normalized spacial score (nSPS) is 9.00. The first-order valence-corrected chi connectivity index (χ1v) is 5.82. The maximum atomic E-state index is 11.5. The van der Waals surface area contributed by atoms with Crippen molar-refractivity contribution in [1.29, 1.82) is 5.26 Å². The Hall–Kier alpha value is -2.71. The van der Waals surface area contributed by atoms with Crippen LogP contribution in [0.2, 0.25) is 0 Å². The zero-order valence-corrected chi connectivity index (χ0v) is 10.3. The fraction of sp³-hybridized carbons (Fsp3) is 0.333. The van der Waals surface area contributed by atoms with Gasteiger partial charge in [0.25, 0.3) is 0 Å². The molecule has 7 heteroatoms. The largest absolute Gasteiger partial charge is 0.338 e. The maximum absolute atomic E-state index is 11.5. The molecular weight excluding hydrogens is 244 g/mol. The van der Waals surface area contributed by atoms with Crippen molar-refractivity contribution >= 4 is 11.7 Å². The molecule has 0 fully saturated rings. The molecule has 0 bridgehead atoms. The van der Waals surface area contributed by atoms with Crippen LogP contribution in [0.4, 0.5) is 10.5 Å². The molecule has 98 valence electrons. The van der Waals surface area contributed by atoms with E-state index in [-0.39, 0.29) is 6.03 Å². The van der Waals surface area contributed by atoms with Crippen molar-refractivity contribution in [3.8, 4) is 6.07 Å². The SMILES string of the molecule is N#Cc1cccc(NC(=O)NCCCCN=[N+]=[N-])c1. The molecule has 1 aromatic carbocycles. The third-order valence-electron chi connectivity index (χ3n) is 2.28. The van der Waals surface area contributed by atoms with Gasteiger partial charge in [0.15, 0.2) is 0 Å². The van der Waals surface area contributed by atoms with Crippen LogP contribution in [0.25, 0.3) is 10.4 Å². The summed E-state index contributed by atoms with van der Waals surface area (Å²) in [6.45, 7) is 0.939. The van der Waals surface area contributed by atoms with Crippen molar-refractivity contribution in [2.75, 3.05) is 18.4 Å². The molecule has 0 radical (unpaired) electrons. The summed E-state index contributed by atoms with van der Waals surface area (Å²) >= 11 is 0. The Balaban J connectivity index is 2.27. The Bertz CT molecular complexity index is 515. The van der Waals surface area contributed by atoms with Gasteiger partial charge in [-0.25, -0.2) is 4.79 Å². The molecule has 0 unspecified atom stereocenters. The number of rotatable bonds is 6. The van der Waals surface area contributed by atoms with Gasteiger partial charge in [-0.15, -0.1) is 0 Å². The van der Waals surface area contributed by atoms with Gasteiger partial charge in [0.05, 0.1) is 11.6 Å². The Morgan fingerprint density at radius 1 is 1.47 bits per heavy atom. The van der Waals surface area contributed by atoms with E-state index < -0.39 is 0 Å². The van der Waals surface area contributed by atoms with Crippen LogP contribution in [0.1, 0.15) is 18.4 Å².